The van der Waals surface area contributed by atoms with Crippen LogP contribution in [0.3, 0.4) is 0 Å². The monoisotopic (exact) mass is 239 g/mol. The number of aryl methyl sites for hydroxylation is 1. The minimum Gasteiger partial charge on any atom is -0.496 e. The van der Waals surface area contributed by atoms with Gasteiger partial charge in [-0.15, -0.1) is 0 Å². The number of rotatable bonds is 6. The number of nitrogens with one attached hydrogen (secondary N) is 1. The summed E-state index contributed by atoms with van der Waals surface area (Å²) in [5.41, 5.74) is 1.99. The molecular weight excluding hydrogens is 218 g/mol. The summed E-state index contributed by atoms with van der Waals surface area (Å²) in [6.45, 7) is 2.74. The number of hydrogen-bond donors (Lipinski definition) is 2. The lowest BCUT2D eigenvalue weighted by molar-refractivity contribution is 0.259. The van der Waals surface area contributed by atoms with Gasteiger partial charge < -0.3 is 19.9 Å². The second-order valence-electron chi connectivity index (χ2n) is 4.00. The Morgan fingerprint density at radius 3 is 2.35 bits per heavy atom. The molecule has 1 aromatic rings. The molecule has 1 rings (SSSR count). The van der Waals surface area contributed by atoms with Crippen LogP contribution in [0, 0.1) is 6.92 Å². The molecule has 96 valence electrons. The lowest BCUT2D eigenvalue weighted by Crippen LogP contribution is -2.20. The number of ether oxygens (including phenoxy) is 2. The van der Waals surface area contributed by atoms with Gasteiger partial charge in [-0.1, -0.05) is 0 Å². The average molecular weight is 239 g/mol. The van der Waals surface area contributed by atoms with Crippen LogP contribution in [0.2, 0.25) is 0 Å². The van der Waals surface area contributed by atoms with E-state index >= 15 is 0 Å². The lowest BCUT2D eigenvalue weighted by Gasteiger charge is -2.19. The first-order valence-corrected chi connectivity index (χ1v) is 5.65. The molecule has 0 aliphatic rings. The van der Waals surface area contributed by atoms with Gasteiger partial charge in [-0.25, -0.2) is 0 Å². The first kappa shape index (κ1) is 13.8. The third-order valence-electron chi connectivity index (χ3n) is 2.86. The number of aliphatic hydroxyl groups excluding tert-OH is 1. The quantitative estimate of drug-likeness (QED) is 0.786. The molecule has 1 atom stereocenters. The number of benzene rings is 1. The molecule has 4 heteroatoms. The molecule has 4 nitrogen and oxygen atoms in total. The van der Waals surface area contributed by atoms with Gasteiger partial charge >= 0.3 is 0 Å². The van der Waals surface area contributed by atoms with Crippen molar-refractivity contribution in [3.8, 4) is 11.5 Å². The van der Waals surface area contributed by atoms with Gasteiger partial charge in [0.15, 0.2) is 0 Å². The molecule has 0 amide bonds. The Bertz CT molecular complexity index is 366. The van der Waals surface area contributed by atoms with Gasteiger partial charge in [-0.3, -0.25) is 0 Å². The maximum atomic E-state index is 9.43. The molecule has 0 aliphatic heterocycles. The Morgan fingerprint density at radius 1 is 1.24 bits per heavy atom. The Hall–Kier alpha value is -1.26. The van der Waals surface area contributed by atoms with Crippen molar-refractivity contribution in [1.82, 2.24) is 5.32 Å². The van der Waals surface area contributed by atoms with Crippen molar-refractivity contribution in [3.63, 3.8) is 0 Å². The number of hydrogen-bond acceptors (Lipinski definition) is 4. The van der Waals surface area contributed by atoms with E-state index in [9.17, 15) is 5.11 Å². The van der Waals surface area contributed by atoms with Crippen LogP contribution in [0.15, 0.2) is 12.1 Å². The standard InChI is InChI=1S/C13H21NO3/c1-9-5-13(17-4)11(6-12(9)16-3)10(8-15)7-14-2/h5-6,10,14-15H,7-8H2,1-4H3. The summed E-state index contributed by atoms with van der Waals surface area (Å²) in [4.78, 5) is 0. The van der Waals surface area contributed by atoms with E-state index < -0.39 is 0 Å². The van der Waals surface area contributed by atoms with E-state index in [0.717, 1.165) is 22.6 Å². The van der Waals surface area contributed by atoms with E-state index in [1.54, 1.807) is 14.2 Å². The number of aliphatic hydroxyl groups is 1. The van der Waals surface area contributed by atoms with Gasteiger partial charge in [0.05, 0.1) is 20.8 Å². The molecule has 17 heavy (non-hydrogen) atoms. The molecule has 0 bridgehead atoms. The number of methoxy groups -OCH3 is 2. The van der Waals surface area contributed by atoms with Gasteiger partial charge in [0, 0.05) is 18.0 Å². The van der Waals surface area contributed by atoms with E-state index in [4.69, 9.17) is 9.47 Å². The first-order chi connectivity index (χ1) is 8.17. The van der Waals surface area contributed by atoms with Gasteiger partial charge in [0.25, 0.3) is 0 Å². The molecule has 0 spiro atoms. The molecule has 0 aliphatic carbocycles. The number of likely N-dealkylation sites (N-methyl/N-ethyl adjacent to an activating group) is 1. The summed E-state index contributed by atoms with van der Waals surface area (Å²) >= 11 is 0. The van der Waals surface area contributed by atoms with Crippen LogP contribution < -0.4 is 14.8 Å². The SMILES string of the molecule is CNCC(CO)c1cc(OC)c(C)cc1OC. The highest BCUT2D eigenvalue weighted by Gasteiger charge is 2.17. The second-order valence-corrected chi connectivity index (χ2v) is 4.00. The maximum Gasteiger partial charge on any atom is 0.123 e. The third-order valence-corrected chi connectivity index (χ3v) is 2.86. The minimum atomic E-state index is 0.00412. The summed E-state index contributed by atoms with van der Waals surface area (Å²) in [7, 11) is 5.14. The highest BCUT2D eigenvalue weighted by molar-refractivity contribution is 5.47. The van der Waals surface area contributed by atoms with Crippen LogP contribution in [0.25, 0.3) is 0 Å². The average Bonchev–Trinajstić information content (AvgIpc) is 2.35. The van der Waals surface area contributed by atoms with Crippen LogP contribution in [0.5, 0.6) is 11.5 Å². The van der Waals surface area contributed by atoms with Crippen LogP contribution in [-0.2, 0) is 0 Å². The highest BCUT2D eigenvalue weighted by Crippen LogP contribution is 2.33. The molecular formula is C13H21NO3. The Kier molecular flexibility index (Phi) is 5.25. The topological polar surface area (TPSA) is 50.7 Å². The van der Waals surface area contributed by atoms with E-state index in [1.807, 2.05) is 26.1 Å². The molecule has 0 fully saturated rings. The fourth-order valence-electron chi connectivity index (χ4n) is 1.91. The highest BCUT2D eigenvalue weighted by atomic mass is 16.5. The maximum absolute atomic E-state index is 9.43. The Balaban J connectivity index is 3.18. The predicted octanol–water partition coefficient (Wildman–Crippen LogP) is 1.31. The zero-order valence-electron chi connectivity index (χ0n) is 10.9. The summed E-state index contributed by atoms with van der Waals surface area (Å²) in [6.07, 6.45) is 0. The normalized spacial score (nSPS) is 12.3. The van der Waals surface area contributed by atoms with Crippen molar-refractivity contribution in [2.24, 2.45) is 0 Å². The molecule has 0 saturated carbocycles. The molecule has 0 aromatic heterocycles. The van der Waals surface area contributed by atoms with Crippen molar-refractivity contribution < 1.29 is 14.6 Å². The van der Waals surface area contributed by atoms with Crippen molar-refractivity contribution in [1.29, 1.82) is 0 Å². The fraction of sp³-hybridized carbons (Fsp3) is 0.538. The fourth-order valence-corrected chi connectivity index (χ4v) is 1.91. The molecule has 0 heterocycles. The van der Waals surface area contributed by atoms with Crippen LogP contribution >= 0.6 is 0 Å². The van der Waals surface area contributed by atoms with Crippen LogP contribution in [0.1, 0.15) is 17.0 Å². The summed E-state index contributed by atoms with van der Waals surface area (Å²) in [5.74, 6) is 1.61. The third kappa shape index (κ3) is 3.11. The zero-order valence-corrected chi connectivity index (χ0v) is 10.9. The Labute approximate surface area is 103 Å². The summed E-state index contributed by atoms with van der Waals surface area (Å²) in [5, 5.41) is 12.5. The first-order valence-electron chi connectivity index (χ1n) is 5.65. The van der Waals surface area contributed by atoms with Gasteiger partial charge in [0.2, 0.25) is 0 Å². The van der Waals surface area contributed by atoms with E-state index in [2.05, 4.69) is 5.32 Å². The molecule has 0 saturated heterocycles. The lowest BCUT2D eigenvalue weighted by atomic mass is 9.97. The minimum absolute atomic E-state index is 0.00412. The van der Waals surface area contributed by atoms with Crippen molar-refractivity contribution in [2.45, 2.75) is 12.8 Å². The van der Waals surface area contributed by atoms with Gasteiger partial charge in [-0.2, -0.15) is 0 Å². The van der Waals surface area contributed by atoms with Gasteiger partial charge in [0.1, 0.15) is 11.5 Å². The second kappa shape index (κ2) is 6.47. The summed E-state index contributed by atoms with van der Waals surface area (Å²) in [6, 6.07) is 3.87. The van der Waals surface area contributed by atoms with Crippen molar-refractivity contribution in [3.05, 3.63) is 23.3 Å². The molecule has 1 unspecified atom stereocenters. The van der Waals surface area contributed by atoms with Crippen molar-refractivity contribution in [2.75, 3.05) is 34.4 Å². The van der Waals surface area contributed by atoms with E-state index in [-0.39, 0.29) is 12.5 Å². The van der Waals surface area contributed by atoms with Crippen LogP contribution in [-0.4, -0.2) is 39.5 Å². The van der Waals surface area contributed by atoms with Crippen molar-refractivity contribution >= 4 is 0 Å². The summed E-state index contributed by atoms with van der Waals surface area (Å²) < 4.78 is 10.7. The van der Waals surface area contributed by atoms with E-state index in [0.29, 0.717) is 6.54 Å². The molecule has 0 radical (unpaired) electrons. The smallest absolute Gasteiger partial charge is 0.123 e. The van der Waals surface area contributed by atoms with E-state index in [1.165, 1.54) is 0 Å². The molecule has 2 N–H and O–H groups in total. The molecule has 1 aromatic carbocycles. The predicted molar refractivity (Wildman–Crippen MR) is 68.0 cm³/mol. The van der Waals surface area contributed by atoms with Crippen LogP contribution in [0.4, 0.5) is 0 Å². The zero-order chi connectivity index (χ0) is 12.8. The Morgan fingerprint density at radius 2 is 1.88 bits per heavy atom. The van der Waals surface area contributed by atoms with Gasteiger partial charge in [-0.05, 0) is 31.7 Å². The largest absolute Gasteiger partial charge is 0.496 e.